The van der Waals surface area contributed by atoms with Crippen LogP contribution in [0.25, 0.3) is 0 Å². The standard InChI is InChI=1S/C25H28FNO3/c1-5-30-25(29)24-17(4)27(15-20-8-6-7-9-22(20)26)23(28)14-21(24)19-12-10-18(11-13-19)16(2)3/h6-13,16,21H,5,14-15H2,1-4H3. The molecule has 1 heterocycles. The van der Waals surface area contributed by atoms with Gasteiger partial charge in [0.25, 0.3) is 0 Å². The Morgan fingerprint density at radius 1 is 1.17 bits per heavy atom. The van der Waals surface area contributed by atoms with Crippen LogP contribution < -0.4 is 0 Å². The molecule has 0 fully saturated rings. The first-order valence-corrected chi connectivity index (χ1v) is 10.3. The van der Waals surface area contributed by atoms with Gasteiger partial charge in [0.1, 0.15) is 5.82 Å². The van der Waals surface area contributed by atoms with Crippen molar-refractivity contribution in [2.75, 3.05) is 6.61 Å². The number of halogens is 1. The third-order valence-electron chi connectivity index (χ3n) is 5.61. The minimum absolute atomic E-state index is 0.0826. The number of esters is 1. The Kier molecular flexibility index (Phi) is 6.70. The van der Waals surface area contributed by atoms with Gasteiger partial charge in [0.15, 0.2) is 0 Å². The molecule has 0 radical (unpaired) electrons. The van der Waals surface area contributed by atoms with Gasteiger partial charge in [-0.15, -0.1) is 0 Å². The van der Waals surface area contributed by atoms with E-state index < -0.39 is 5.97 Å². The largest absolute Gasteiger partial charge is 0.463 e. The van der Waals surface area contributed by atoms with Crippen molar-refractivity contribution in [3.8, 4) is 0 Å². The molecule has 1 atom stereocenters. The molecule has 30 heavy (non-hydrogen) atoms. The lowest BCUT2D eigenvalue weighted by molar-refractivity contribution is -0.140. The lowest BCUT2D eigenvalue weighted by Gasteiger charge is -2.34. The Morgan fingerprint density at radius 3 is 2.43 bits per heavy atom. The third kappa shape index (κ3) is 4.45. The van der Waals surface area contributed by atoms with Gasteiger partial charge in [0.05, 0.1) is 18.7 Å². The van der Waals surface area contributed by atoms with E-state index in [1.165, 1.54) is 16.5 Å². The van der Waals surface area contributed by atoms with Crippen LogP contribution in [0.3, 0.4) is 0 Å². The Hall–Kier alpha value is -2.95. The molecule has 2 aromatic carbocycles. The van der Waals surface area contributed by atoms with Crippen molar-refractivity contribution in [2.45, 2.75) is 52.5 Å². The SMILES string of the molecule is CCOC(=O)C1=C(C)N(Cc2ccccc2F)C(=O)CC1c1ccc(C(C)C)cc1. The van der Waals surface area contributed by atoms with Crippen LogP contribution in [0, 0.1) is 5.82 Å². The summed E-state index contributed by atoms with van der Waals surface area (Å²) in [5.74, 6) is -0.928. The van der Waals surface area contributed by atoms with Gasteiger partial charge in [0, 0.05) is 23.6 Å². The first-order chi connectivity index (χ1) is 14.3. The Balaban J connectivity index is 2.02. The molecule has 1 unspecified atom stereocenters. The van der Waals surface area contributed by atoms with Gasteiger partial charge in [-0.25, -0.2) is 9.18 Å². The fourth-order valence-electron chi connectivity index (χ4n) is 3.87. The molecule has 5 heteroatoms. The van der Waals surface area contributed by atoms with E-state index in [9.17, 15) is 14.0 Å². The molecule has 3 rings (SSSR count). The molecule has 0 spiro atoms. The molecular formula is C25H28FNO3. The predicted octanol–water partition coefficient (Wildman–Crippen LogP) is 5.30. The van der Waals surface area contributed by atoms with E-state index >= 15 is 0 Å². The number of carbonyl (C=O) groups is 2. The van der Waals surface area contributed by atoms with Crippen molar-refractivity contribution in [3.63, 3.8) is 0 Å². The zero-order valence-corrected chi connectivity index (χ0v) is 17.9. The van der Waals surface area contributed by atoms with Gasteiger partial charge in [0.2, 0.25) is 5.91 Å². The number of carbonyl (C=O) groups excluding carboxylic acids is 2. The number of amides is 1. The second-order valence-corrected chi connectivity index (χ2v) is 7.87. The summed E-state index contributed by atoms with van der Waals surface area (Å²) in [7, 11) is 0. The van der Waals surface area contributed by atoms with Gasteiger partial charge in [-0.3, -0.25) is 4.79 Å². The summed E-state index contributed by atoms with van der Waals surface area (Å²) in [6.07, 6.45) is 0.140. The summed E-state index contributed by atoms with van der Waals surface area (Å²) in [4.78, 5) is 27.4. The quantitative estimate of drug-likeness (QED) is 0.608. The second-order valence-electron chi connectivity index (χ2n) is 7.87. The van der Waals surface area contributed by atoms with E-state index in [1.54, 1.807) is 32.0 Å². The first-order valence-electron chi connectivity index (χ1n) is 10.3. The van der Waals surface area contributed by atoms with Crippen molar-refractivity contribution in [3.05, 3.63) is 82.3 Å². The topological polar surface area (TPSA) is 46.6 Å². The fourth-order valence-corrected chi connectivity index (χ4v) is 3.87. The summed E-state index contributed by atoms with van der Waals surface area (Å²) in [5.41, 5.74) is 3.49. The third-order valence-corrected chi connectivity index (χ3v) is 5.61. The number of hydrogen-bond donors (Lipinski definition) is 0. The highest BCUT2D eigenvalue weighted by Gasteiger charge is 2.37. The summed E-state index contributed by atoms with van der Waals surface area (Å²) < 4.78 is 19.5. The van der Waals surface area contributed by atoms with Crippen LogP contribution in [-0.4, -0.2) is 23.4 Å². The molecule has 0 aliphatic carbocycles. The van der Waals surface area contributed by atoms with E-state index in [0.29, 0.717) is 22.8 Å². The van der Waals surface area contributed by atoms with Crippen LogP contribution in [0.2, 0.25) is 0 Å². The molecule has 0 bridgehead atoms. The molecule has 0 N–H and O–H groups in total. The maximum Gasteiger partial charge on any atom is 0.336 e. The van der Waals surface area contributed by atoms with Gasteiger partial charge in [-0.1, -0.05) is 56.3 Å². The van der Waals surface area contributed by atoms with E-state index in [-0.39, 0.29) is 37.2 Å². The number of hydrogen-bond acceptors (Lipinski definition) is 3. The van der Waals surface area contributed by atoms with Crippen LogP contribution >= 0.6 is 0 Å². The van der Waals surface area contributed by atoms with Gasteiger partial charge in [-0.2, -0.15) is 0 Å². The smallest absolute Gasteiger partial charge is 0.336 e. The molecule has 0 aromatic heterocycles. The lowest BCUT2D eigenvalue weighted by atomic mass is 9.83. The molecule has 158 valence electrons. The second kappa shape index (κ2) is 9.24. The number of benzene rings is 2. The minimum atomic E-state index is -0.432. The van der Waals surface area contributed by atoms with Crippen molar-refractivity contribution in [2.24, 2.45) is 0 Å². The van der Waals surface area contributed by atoms with Crippen molar-refractivity contribution in [1.29, 1.82) is 0 Å². The molecule has 0 saturated heterocycles. The summed E-state index contributed by atoms with van der Waals surface area (Å²) in [6.45, 7) is 8.06. The Bertz CT molecular complexity index is 963. The molecule has 1 aliphatic rings. The van der Waals surface area contributed by atoms with Gasteiger partial charge >= 0.3 is 5.97 Å². The van der Waals surface area contributed by atoms with Crippen molar-refractivity contribution >= 4 is 11.9 Å². The summed E-state index contributed by atoms with van der Waals surface area (Å²) in [5, 5.41) is 0. The monoisotopic (exact) mass is 409 g/mol. The summed E-state index contributed by atoms with van der Waals surface area (Å²) in [6, 6.07) is 14.4. The number of nitrogens with zero attached hydrogens (tertiary/aromatic N) is 1. The van der Waals surface area contributed by atoms with Crippen LogP contribution in [0.5, 0.6) is 0 Å². The Morgan fingerprint density at radius 2 is 1.83 bits per heavy atom. The molecule has 0 saturated carbocycles. The van der Waals surface area contributed by atoms with Crippen molar-refractivity contribution in [1.82, 2.24) is 4.90 Å². The summed E-state index contributed by atoms with van der Waals surface area (Å²) >= 11 is 0. The highest BCUT2D eigenvalue weighted by atomic mass is 19.1. The van der Waals surface area contributed by atoms with Crippen LogP contribution in [0.4, 0.5) is 4.39 Å². The first kappa shape index (κ1) is 21.8. The van der Waals surface area contributed by atoms with Crippen molar-refractivity contribution < 1.29 is 18.7 Å². The minimum Gasteiger partial charge on any atom is -0.463 e. The Labute approximate surface area is 177 Å². The highest BCUT2D eigenvalue weighted by molar-refractivity contribution is 5.95. The zero-order chi connectivity index (χ0) is 21.8. The molecule has 2 aromatic rings. The molecular weight excluding hydrogens is 381 g/mol. The number of allylic oxidation sites excluding steroid dienone is 1. The molecule has 4 nitrogen and oxygen atoms in total. The van der Waals surface area contributed by atoms with Crippen LogP contribution in [0.1, 0.15) is 62.6 Å². The van der Waals surface area contributed by atoms with E-state index in [1.807, 2.05) is 24.3 Å². The van der Waals surface area contributed by atoms with E-state index in [4.69, 9.17) is 4.74 Å². The lowest BCUT2D eigenvalue weighted by Crippen LogP contribution is -2.38. The van der Waals surface area contributed by atoms with Crippen LogP contribution in [-0.2, 0) is 20.9 Å². The molecule has 1 amide bonds. The zero-order valence-electron chi connectivity index (χ0n) is 17.9. The highest BCUT2D eigenvalue weighted by Crippen LogP contribution is 2.38. The number of ether oxygens (including phenoxy) is 1. The maximum atomic E-state index is 14.2. The number of rotatable bonds is 6. The van der Waals surface area contributed by atoms with Gasteiger partial charge < -0.3 is 9.64 Å². The predicted molar refractivity (Wildman–Crippen MR) is 114 cm³/mol. The van der Waals surface area contributed by atoms with E-state index in [2.05, 4.69) is 13.8 Å². The molecule has 1 aliphatic heterocycles. The van der Waals surface area contributed by atoms with Gasteiger partial charge in [-0.05, 0) is 37.0 Å². The normalized spacial score (nSPS) is 16.9. The fraction of sp³-hybridized carbons (Fsp3) is 0.360. The average molecular weight is 410 g/mol. The van der Waals surface area contributed by atoms with Crippen LogP contribution in [0.15, 0.2) is 59.8 Å². The van der Waals surface area contributed by atoms with E-state index in [0.717, 1.165) is 5.56 Å². The maximum absolute atomic E-state index is 14.2. The average Bonchev–Trinajstić information content (AvgIpc) is 2.72.